The number of nitrogens with zero attached hydrogens (tertiary/aromatic N) is 2. The Morgan fingerprint density at radius 3 is 2.47 bits per heavy atom. The van der Waals surface area contributed by atoms with Crippen molar-refractivity contribution in [2.75, 3.05) is 18.8 Å². The molecule has 1 fully saturated rings. The van der Waals surface area contributed by atoms with Crippen molar-refractivity contribution >= 4 is 23.3 Å². The summed E-state index contributed by atoms with van der Waals surface area (Å²) in [6, 6.07) is 6.71. The molecule has 0 spiro atoms. The predicted molar refractivity (Wildman–Crippen MR) is 152 cm³/mol. The molecule has 3 aliphatic rings. The third-order valence-electron chi connectivity index (χ3n) is 5.76. The van der Waals surface area contributed by atoms with Crippen LogP contribution in [0.2, 0.25) is 0 Å². The molecule has 0 bridgehead atoms. The molecule has 3 nitrogen and oxygen atoms in total. The number of amidine groups is 1. The number of rotatable bonds is 5. The molecule has 0 aliphatic carbocycles. The van der Waals surface area contributed by atoms with Gasteiger partial charge in [0.1, 0.15) is 5.84 Å². The first-order valence-electron chi connectivity index (χ1n) is 12.6. The molecule has 0 atom stereocenters. The highest BCUT2D eigenvalue weighted by Gasteiger charge is 2.24. The number of terminal acetylenes is 1. The first kappa shape index (κ1) is 27.8. The lowest BCUT2D eigenvalue weighted by atomic mass is 9.89. The lowest BCUT2D eigenvalue weighted by molar-refractivity contribution is 0.420. The van der Waals surface area contributed by atoms with E-state index in [1.165, 1.54) is 46.6 Å². The highest BCUT2D eigenvalue weighted by molar-refractivity contribution is 7.99. The SMILES string of the molecule is C#C.CC/C=C1/C=C(c2ccc(C)c(SCC)c2)N=C2C=CC(C3CCNCC3)=CN21.CCC. The van der Waals surface area contributed by atoms with E-state index >= 15 is 0 Å². The van der Waals surface area contributed by atoms with Crippen molar-refractivity contribution in [1.29, 1.82) is 0 Å². The van der Waals surface area contributed by atoms with Gasteiger partial charge >= 0.3 is 0 Å². The summed E-state index contributed by atoms with van der Waals surface area (Å²) in [4.78, 5) is 8.65. The average Bonchev–Trinajstić information content (AvgIpc) is 2.87. The molecule has 3 aliphatic heterocycles. The van der Waals surface area contributed by atoms with Crippen molar-refractivity contribution in [3.05, 3.63) is 71.1 Å². The molecule has 4 rings (SSSR count). The maximum atomic E-state index is 5.03. The fraction of sp³-hybridized carbons (Fsp3) is 0.433. The van der Waals surface area contributed by atoms with Crippen molar-refractivity contribution in [1.82, 2.24) is 10.2 Å². The number of allylic oxidation sites excluding steroid dienone is 4. The summed E-state index contributed by atoms with van der Waals surface area (Å²) < 4.78 is 0. The van der Waals surface area contributed by atoms with Gasteiger partial charge in [-0.3, -0.25) is 0 Å². The number of aliphatic imine (C=N–C) groups is 1. The Morgan fingerprint density at radius 2 is 1.82 bits per heavy atom. The van der Waals surface area contributed by atoms with Crippen LogP contribution in [-0.2, 0) is 0 Å². The molecule has 0 radical (unpaired) electrons. The van der Waals surface area contributed by atoms with Crippen LogP contribution in [-0.4, -0.2) is 29.6 Å². The average molecular weight is 476 g/mol. The van der Waals surface area contributed by atoms with Crippen LogP contribution in [0.4, 0.5) is 0 Å². The number of piperidine rings is 1. The molecule has 1 saturated heterocycles. The lowest BCUT2D eigenvalue weighted by Gasteiger charge is -2.32. The minimum absolute atomic E-state index is 0.646. The Bertz CT molecular complexity index is 972. The van der Waals surface area contributed by atoms with E-state index in [0.717, 1.165) is 36.8 Å². The van der Waals surface area contributed by atoms with Crippen LogP contribution >= 0.6 is 11.8 Å². The fourth-order valence-electron chi connectivity index (χ4n) is 4.15. The van der Waals surface area contributed by atoms with E-state index in [-0.39, 0.29) is 0 Å². The van der Waals surface area contributed by atoms with E-state index in [9.17, 15) is 0 Å². The zero-order valence-electron chi connectivity index (χ0n) is 21.6. The van der Waals surface area contributed by atoms with Crippen LogP contribution in [0.3, 0.4) is 0 Å². The lowest BCUT2D eigenvalue weighted by Crippen LogP contribution is -2.32. The Morgan fingerprint density at radius 1 is 1.12 bits per heavy atom. The van der Waals surface area contributed by atoms with Gasteiger partial charge in [-0.2, -0.15) is 0 Å². The second-order valence-corrected chi connectivity index (χ2v) is 9.82. The Balaban J connectivity index is 0.000000758. The molecule has 0 aromatic heterocycles. The van der Waals surface area contributed by atoms with Gasteiger partial charge in [0.05, 0.1) is 5.70 Å². The van der Waals surface area contributed by atoms with E-state index in [1.54, 1.807) is 0 Å². The molecule has 4 heteroatoms. The minimum atomic E-state index is 0.646. The summed E-state index contributed by atoms with van der Waals surface area (Å²) in [6.07, 6.45) is 24.0. The third-order valence-corrected chi connectivity index (χ3v) is 6.79. The molecule has 1 aromatic rings. The van der Waals surface area contributed by atoms with Gasteiger partial charge < -0.3 is 10.2 Å². The second-order valence-electron chi connectivity index (χ2n) is 8.51. The van der Waals surface area contributed by atoms with Crippen LogP contribution in [0, 0.1) is 25.7 Å². The zero-order chi connectivity index (χ0) is 24.9. The normalized spacial score (nSPS) is 18.5. The van der Waals surface area contributed by atoms with Gasteiger partial charge in [-0.25, -0.2) is 4.99 Å². The van der Waals surface area contributed by atoms with Gasteiger partial charge in [-0.15, -0.1) is 24.6 Å². The Kier molecular flexibility index (Phi) is 12.0. The quantitative estimate of drug-likeness (QED) is 0.351. The molecule has 1 N–H and O–H groups in total. The summed E-state index contributed by atoms with van der Waals surface area (Å²) in [7, 11) is 0. The first-order valence-corrected chi connectivity index (χ1v) is 13.6. The van der Waals surface area contributed by atoms with Crippen LogP contribution in [0.15, 0.2) is 69.9 Å². The van der Waals surface area contributed by atoms with Gasteiger partial charge in [0.2, 0.25) is 0 Å². The fourth-order valence-corrected chi connectivity index (χ4v) is 4.97. The van der Waals surface area contributed by atoms with Crippen molar-refractivity contribution < 1.29 is 0 Å². The number of benzene rings is 1. The minimum Gasteiger partial charge on any atom is -0.317 e. The Labute approximate surface area is 212 Å². The number of fused-ring (bicyclic) bond motifs is 1. The van der Waals surface area contributed by atoms with Crippen molar-refractivity contribution in [3.63, 3.8) is 0 Å². The second kappa shape index (κ2) is 14.7. The molecule has 3 heterocycles. The van der Waals surface area contributed by atoms with E-state index < -0.39 is 0 Å². The molecular weight excluding hydrogens is 434 g/mol. The topological polar surface area (TPSA) is 27.6 Å². The summed E-state index contributed by atoms with van der Waals surface area (Å²) >= 11 is 1.90. The highest BCUT2D eigenvalue weighted by Crippen LogP contribution is 2.34. The summed E-state index contributed by atoms with van der Waals surface area (Å²) in [5.41, 5.74) is 6.25. The molecule has 1 aromatic carbocycles. The molecule has 0 unspecified atom stereocenters. The van der Waals surface area contributed by atoms with E-state index in [1.807, 2.05) is 11.8 Å². The van der Waals surface area contributed by atoms with Crippen molar-refractivity contribution in [2.24, 2.45) is 10.9 Å². The smallest absolute Gasteiger partial charge is 0.137 e. The number of thioether (sulfide) groups is 1. The van der Waals surface area contributed by atoms with Crippen LogP contribution in [0.1, 0.15) is 64.5 Å². The summed E-state index contributed by atoms with van der Waals surface area (Å²) in [5.74, 6) is 2.75. The third kappa shape index (κ3) is 7.26. The maximum absolute atomic E-state index is 5.03. The van der Waals surface area contributed by atoms with E-state index in [2.05, 4.69) is 106 Å². The molecule has 182 valence electrons. The monoisotopic (exact) mass is 475 g/mol. The van der Waals surface area contributed by atoms with Crippen LogP contribution < -0.4 is 5.32 Å². The molecule has 34 heavy (non-hydrogen) atoms. The summed E-state index contributed by atoms with van der Waals surface area (Å²) in [6.45, 7) is 13.1. The number of aryl methyl sites for hydroxylation is 1. The highest BCUT2D eigenvalue weighted by atomic mass is 32.2. The van der Waals surface area contributed by atoms with Gasteiger partial charge in [0, 0.05) is 22.4 Å². The largest absolute Gasteiger partial charge is 0.317 e. The molecule has 0 amide bonds. The van der Waals surface area contributed by atoms with Crippen molar-refractivity contribution in [2.45, 2.75) is 65.2 Å². The van der Waals surface area contributed by atoms with E-state index in [0.29, 0.717) is 5.92 Å². The standard InChI is InChI=1S/C25H31N3S.C3H8.C2H2/c1-4-6-22-16-23(20-8-7-18(3)24(15-20)29-5-2)27-25-10-9-21(17-28(22)25)19-11-13-26-14-12-19;1-3-2;1-2/h6-10,15-17,19,26H,4-5,11-14H2,1-3H3;3H2,1-2H3;1-2H/b22-6-;;. The Hall–Kier alpha value is -2.48. The van der Waals surface area contributed by atoms with Crippen LogP contribution in [0.25, 0.3) is 5.70 Å². The molecular formula is C30H41N3S. The first-order chi connectivity index (χ1) is 16.6. The van der Waals surface area contributed by atoms with Crippen LogP contribution in [0.5, 0.6) is 0 Å². The zero-order valence-corrected chi connectivity index (χ0v) is 22.4. The van der Waals surface area contributed by atoms with Gasteiger partial charge in [-0.1, -0.05) is 58.4 Å². The van der Waals surface area contributed by atoms with Gasteiger partial charge in [-0.05, 0) is 80.3 Å². The predicted octanol–water partition coefficient (Wildman–Crippen LogP) is 7.57. The van der Waals surface area contributed by atoms with Crippen molar-refractivity contribution in [3.8, 4) is 12.8 Å². The number of hydrogen-bond donors (Lipinski definition) is 1. The number of nitrogens with one attached hydrogen (secondary N) is 1. The number of hydrogen-bond acceptors (Lipinski definition) is 4. The van der Waals surface area contributed by atoms with Gasteiger partial charge in [0.25, 0.3) is 0 Å². The molecule has 0 saturated carbocycles. The maximum Gasteiger partial charge on any atom is 0.137 e. The van der Waals surface area contributed by atoms with Gasteiger partial charge in [0.15, 0.2) is 0 Å². The van der Waals surface area contributed by atoms with E-state index in [4.69, 9.17) is 4.99 Å². The summed E-state index contributed by atoms with van der Waals surface area (Å²) in [5, 5.41) is 3.47.